The number of carbonyl (C=O) groups excluding carboxylic acids is 1. The van der Waals surface area contributed by atoms with Gasteiger partial charge in [0.15, 0.2) is 0 Å². The number of hydrogen-bond donors (Lipinski definition) is 2. The van der Waals surface area contributed by atoms with Crippen LogP contribution in [0.25, 0.3) is 0 Å². The smallest absolute Gasteiger partial charge is 0.324 e. The van der Waals surface area contributed by atoms with Crippen LogP contribution in [0.2, 0.25) is 0 Å². The molecule has 1 aliphatic heterocycles. The van der Waals surface area contributed by atoms with Crippen LogP contribution in [0.4, 0.5) is 10.5 Å². The lowest BCUT2D eigenvalue weighted by Gasteiger charge is -2.36. The van der Waals surface area contributed by atoms with Crippen molar-refractivity contribution in [1.29, 1.82) is 0 Å². The number of urea groups is 1. The van der Waals surface area contributed by atoms with Crippen LogP contribution in [0.3, 0.4) is 0 Å². The number of hydrogen-bond acceptors (Lipinski definition) is 3. The summed E-state index contributed by atoms with van der Waals surface area (Å²) in [6, 6.07) is 7.17. The van der Waals surface area contributed by atoms with Crippen LogP contribution in [0.5, 0.6) is 0 Å². The van der Waals surface area contributed by atoms with Gasteiger partial charge in [-0.1, -0.05) is 18.2 Å². The van der Waals surface area contributed by atoms with Gasteiger partial charge in [-0.15, -0.1) is 0 Å². The molecule has 0 fully saturated rings. The van der Waals surface area contributed by atoms with Crippen LogP contribution < -0.4 is 4.90 Å². The van der Waals surface area contributed by atoms with Gasteiger partial charge < -0.3 is 15.1 Å². The lowest BCUT2D eigenvalue weighted by Crippen LogP contribution is -2.48. The van der Waals surface area contributed by atoms with Gasteiger partial charge >= 0.3 is 12.0 Å². The molecule has 0 aromatic heterocycles. The van der Waals surface area contributed by atoms with Crippen molar-refractivity contribution in [3.8, 4) is 0 Å². The molecule has 1 aliphatic rings. The highest BCUT2D eigenvalue weighted by molar-refractivity contribution is 5.94. The Labute approximate surface area is 110 Å². The van der Waals surface area contributed by atoms with Crippen LogP contribution in [-0.2, 0) is 11.3 Å². The fourth-order valence-corrected chi connectivity index (χ4v) is 2.19. The Kier molecular flexibility index (Phi) is 3.71. The van der Waals surface area contributed by atoms with Gasteiger partial charge in [-0.25, -0.2) is 4.79 Å². The number of fused-ring (bicyclic) bond motifs is 1. The molecule has 0 spiro atoms. The summed E-state index contributed by atoms with van der Waals surface area (Å²) in [7, 11) is 1.68. The van der Waals surface area contributed by atoms with E-state index in [-0.39, 0.29) is 19.0 Å². The lowest BCUT2D eigenvalue weighted by atomic mass is 10.1. The van der Waals surface area contributed by atoms with Crippen molar-refractivity contribution in [2.75, 3.05) is 18.5 Å². The van der Waals surface area contributed by atoms with Crippen LogP contribution in [0.1, 0.15) is 12.0 Å². The fourth-order valence-electron chi connectivity index (χ4n) is 2.19. The van der Waals surface area contributed by atoms with E-state index in [4.69, 9.17) is 5.11 Å². The number of β-amino-alcohol motifs (C(OH)–C–C–N with tert-alkyl or cyclic N) is 1. The molecule has 0 radical (unpaired) electrons. The normalized spacial score (nSPS) is 16.2. The van der Waals surface area contributed by atoms with Gasteiger partial charge in [-0.05, 0) is 11.6 Å². The maximum absolute atomic E-state index is 12.1. The van der Waals surface area contributed by atoms with E-state index in [1.807, 2.05) is 18.2 Å². The molecule has 2 N–H and O–H groups in total. The summed E-state index contributed by atoms with van der Waals surface area (Å²) in [5.41, 5.74) is 1.71. The van der Waals surface area contributed by atoms with E-state index in [1.165, 1.54) is 9.80 Å². The van der Waals surface area contributed by atoms with Crippen LogP contribution in [0, 0.1) is 0 Å². The molecule has 0 saturated carbocycles. The third-order valence-corrected chi connectivity index (χ3v) is 3.05. The van der Waals surface area contributed by atoms with Gasteiger partial charge in [-0.3, -0.25) is 9.69 Å². The van der Waals surface area contributed by atoms with E-state index in [0.29, 0.717) is 6.54 Å². The highest BCUT2D eigenvalue weighted by atomic mass is 16.4. The van der Waals surface area contributed by atoms with E-state index < -0.39 is 12.1 Å². The minimum absolute atomic E-state index is 0.0213. The number of carbonyl (C=O) groups is 2. The zero-order valence-corrected chi connectivity index (χ0v) is 10.6. The molecule has 1 aromatic carbocycles. The van der Waals surface area contributed by atoms with E-state index in [1.54, 1.807) is 13.1 Å². The number of rotatable bonds is 4. The Morgan fingerprint density at radius 1 is 1.42 bits per heavy atom. The van der Waals surface area contributed by atoms with Crippen LogP contribution >= 0.6 is 0 Å². The van der Waals surface area contributed by atoms with Crippen molar-refractivity contribution in [3.63, 3.8) is 0 Å². The number of anilines is 1. The molecule has 2 rings (SSSR count). The maximum atomic E-state index is 12.1. The fraction of sp³-hybridized carbons (Fsp3) is 0.385. The van der Waals surface area contributed by atoms with Crippen molar-refractivity contribution in [2.45, 2.75) is 19.1 Å². The number of carboxylic acids is 1. The first-order valence-corrected chi connectivity index (χ1v) is 5.99. The van der Waals surface area contributed by atoms with Gasteiger partial charge in [0.1, 0.15) is 0 Å². The second-order valence-corrected chi connectivity index (χ2v) is 4.63. The summed E-state index contributed by atoms with van der Waals surface area (Å²) in [5, 5.41) is 18.4. The van der Waals surface area contributed by atoms with Crippen molar-refractivity contribution in [3.05, 3.63) is 29.8 Å². The van der Waals surface area contributed by atoms with Gasteiger partial charge in [0.2, 0.25) is 0 Å². The van der Waals surface area contributed by atoms with Gasteiger partial charge in [-0.2, -0.15) is 0 Å². The third kappa shape index (κ3) is 2.85. The number of aliphatic carboxylic acids is 1. The predicted octanol–water partition coefficient (Wildman–Crippen LogP) is 0.894. The van der Waals surface area contributed by atoms with E-state index >= 15 is 0 Å². The number of amides is 2. The number of para-hydroxylation sites is 1. The molecule has 6 heteroatoms. The SMILES string of the molecule is CN1Cc2ccccc2N(CC(O)CC(=O)O)C1=O. The molecule has 19 heavy (non-hydrogen) atoms. The van der Waals surface area contributed by atoms with Crippen molar-refractivity contribution >= 4 is 17.7 Å². The average molecular weight is 264 g/mol. The van der Waals surface area contributed by atoms with Crippen molar-refractivity contribution in [2.24, 2.45) is 0 Å². The average Bonchev–Trinajstić information content (AvgIpc) is 2.34. The summed E-state index contributed by atoms with van der Waals surface area (Å²) in [6.07, 6.45) is -1.46. The predicted molar refractivity (Wildman–Crippen MR) is 68.9 cm³/mol. The molecule has 1 unspecified atom stereocenters. The molecule has 0 aliphatic carbocycles. The Bertz CT molecular complexity index is 503. The van der Waals surface area contributed by atoms with E-state index in [0.717, 1.165) is 11.3 Å². The van der Waals surface area contributed by atoms with Crippen molar-refractivity contribution < 1.29 is 19.8 Å². The molecule has 6 nitrogen and oxygen atoms in total. The monoisotopic (exact) mass is 264 g/mol. The standard InChI is InChI=1S/C13H16N2O4/c1-14-7-9-4-2-3-5-11(9)15(13(14)19)8-10(16)6-12(17)18/h2-5,10,16H,6-8H2,1H3,(H,17,18). The quantitative estimate of drug-likeness (QED) is 0.846. The minimum Gasteiger partial charge on any atom is -0.481 e. The van der Waals surface area contributed by atoms with E-state index in [2.05, 4.69) is 0 Å². The third-order valence-electron chi connectivity index (χ3n) is 3.05. The summed E-state index contributed by atoms with van der Waals surface area (Å²) in [4.78, 5) is 25.6. The number of carboxylic acid groups (broad SMARTS) is 1. The highest BCUT2D eigenvalue weighted by Crippen LogP contribution is 2.27. The zero-order chi connectivity index (χ0) is 14.0. The molecule has 1 atom stereocenters. The van der Waals surface area contributed by atoms with Gasteiger partial charge in [0.05, 0.1) is 24.8 Å². The highest BCUT2D eigenvalue weighted by Gasteiger charge is 2.29. The van der Waals surface area contributed by atoms with Crippen LogP contribution in [0.15, 0.2) is 24.3 Å². The molecular weight excluding hydrogens is 248 g/mol. The number of nitrogens with zero attached hydrogens (tertiary/aromatic N) is 2. The van der Waals surface area contributed by atoms with E-state index in [9.17, 15) is 14.7 Å². The van der Waals surface area contributed by atoms with Gasteiger partial charge in [0, 0.05) is 13.6 Å². The summed E-state index contributed by atoms with van der Waals surface area (Å²) in [5.74, 6) is -1.08. The Hall–Kier alpha value is -2.08. The molecule has 1 heterocycles. The lowest BCUT2D eigenvalue weighted by molar-refractivity contribution is -0.139. The Balaban J connectivity index is 2.23. The Morgan fingerprint density at radius 3 is 2.79 bits per heavy atom. The first-order valence-electron chi connectivity index (χ1n) is 5.99. The first kappa shape index (κ1) is 13.4. The molecule has 102 valence electrons. The zero-order valence-electron chi connectivity index (χ0n) is 10.6. The summed E-state index contributed by atoms with van der Waals surface area (Å²) < 4.78 is 0. The molecule has 0 saturated heterocycles. The first-order chi connectivity index (χ1) is 8.99. The van der Waals surface area contributed by atoms with Gasteiger partial charge in [0.25, 0.3) is 0 Å². The number of benzene rings is 1. The van der Waals surface area contributed by atoms with Crippen molar-refractivity contribution in [1.82, 2.24) is 4.90 Å². The number of aliphatic hydroxyl groups is 1. The number of aliphatic hydroxyl groups excluding tert-OH is 1. The molecule has 2 amide bonds. The maximum Gasteiger partial charge on any atom is 0.324 e. The summed E-state index contributed by atoms with van der Waals surface area (Å²) in [6.45, 7) is 0.493. The second-order valence-electron chi connectivity index (χ2n) is 4.63. The Morgan fingerprint density at radius 2 is 2.11 bits per heavy atom. The molecular formula is C13H16N2O4. The minimum atomic E-state index is -1.08. The topological polar surface area (TPSA) is 81.1 Å². The summed E-state index contributed by atoms with van der Waals surface area (Å²) >= 11 is 0. The second kappa shape index (κ2) is 5.27. The van der Waals surface area contributed by atoms with Crippen LogP contribution in [-0.4, -0.2) is 46.8 Å². The molecule has 1 aromatic rings. The molecule has 0 bridgehead atoms. The largest absolute Gasteiger partial charge is 0.481 e.